The largest absolute Gasteiger partial charge is 0.308 e. The molecule has 0 aliphatic rings. The van der Waals surface area contributed by atoms with Gasteiger partial charge >= 0.3 is 0 Å². The Morgan fingerprint density at radius 1 is 1.44 bits per heavy atom. The van der Waals surface area contributed by atoms with E-state index < -0.39 is 0 Å². The molecule has 1 aromatic heterocycles. The van der Waals surface area contributed by atoms with Crippen LogP contribution in [0.3, 0.4) is 0 Å². The van der Waals surface area contributed by atoms with Crippen LogP contribution in [0.1, 0.15) is 38.9 Å². The molecule has 0 spiro atoms. The molecule has 0 saturated carbocycles. The second-order valence-electron chi connectivity index (χ2n) is 3.92. The van der Waals surface area contributed by atoms with Crippen LogP contribution in [0.15, 0.2) is 6.33 Å². The Balaban J connectivity index is 2.28. The Labute approximate surface area is 102 Å². The smallest absolute Gasteiger partial charge is 0.140 e. The van der Waals surface area contributed by atoms with Gasteiger partial charge in [0.05, 0.1) is 6.54 Å². The monoisotopic (exact) mass is 244 g/mol. The van der Waals surface area contributed by atoms with E-state index in [1.807, 2.05) is 4.68 Å². The molecular formula is C11H21ClN4. The minimum absolute atomic E-state index is 0.215. The van der Waals surface area contributed by atoms with E-state index in [1.54, 1.807) is 6.33 Å². The lowest BCUT2D eigenvalue weighted by Crippen LogP contribution is -2.24. The van der Waals surface area contributed by atoms with Gasteiger partial charge in [-0.1, -0.05) is 20.3 Å². The first-order valence-corrected chi connectivity index (χ1v) is 6.43. The standard InChI is InChI=1S/C11H21ClN4/c1-3-5-10(12)7-13-8-11-14-9-15-16(11)6-4-2/h9-10,13H,3-8H2,1-2H3. The van der Waals surface area contributed by atoms with Crippen LogP contribution >= 0.6 is 11.6 Å². The van der Waals surface area contributed by atoms with Gasteiger partial charge in [0.15, 0.2) is 0 Å². The molecular weight excluding hydrogens is 224 g/mol. The van der Waals surface area contributed by atoms with Crippen molar-refractivity contribution in [1.82, 2.24) is 20.1 Å². The summed E-state index contributed by atoms with van der Waals surface area (Å²) in [5.41, 5.74) is 0. The average Bonchev–Trinajstić information content (AvgIpc) is 2.67. The van der Waals surface area contributed by atoms with E-state index in [4.69, 9.17) is 11.6 Å². The van der Waals surface area contributed by atoms with Crippen molar-refractivity contribution < 1.29 is 0 Å². The third-order valence-electron chi connectivity index (χ3n) is 2.38. The fourth-order valence-electron chi connectivity index (χ4n) is 1.58. The zero-order valence-corrected chi connectivity index (χ0v) is 10.9. The predicted molar refractivity (Wildman–Crippen MR) is 66.6 cm³/mol. The normalized spacial score (nSPS) is 12.9. The van der Waals surface area contributed by atoms with Gasteiger partial charge in [0.2, 0.25) is 0 Å². The van der Waals surface area contributed by atoms with Crippen molar-refractivity contribution in [1.29, 1.82) is 0 Å². The molecule has 1 heterocycles. The van der Waals surface area contributed by atoms with Crippen LogP contribution in [0.25, 0.3) is 0 Å². The lowest BCUT2D eigenvalue weighted by Gasteiger charge is -2.09. The number of alkyl halides is 1. The second kappa shape index (κ2) is 7.63. The number of nitrogens with zero attached hydrogens (tertiary/aromatic N) is 3. The van der Waals surface area contributed by atoms with Gasteiger partial charge < -0.3 is 5.32 Å². The highest BCUT2D eigenvalue weighted by atomic mass is 35.5. The molecule has 0 bridgehead atoms. The Hall–Kier alpha value is -0.610. The van der Waals surface area contributed by atoms with Crippen LogP contribution in [0.4, 0.5) is 0 Å². The third-order valence-corrected chi connectivity index (χ3v) is 2.75. The molecule has 5 heteroatoms. The van der Waals surface area contributed by atoms with Crippen LogP contribution in [0.5, 0.6) is 0 Å². The lowest BCUT2D eigenvalue weighted by atomic mass is 10.2. The number of aromatic nitrogens is 3. The van der Waals surface area contributed by atoms with E-state index in [-0.39, 0.29) is 5.38 Å². The van der Waals surface area contributed by atoms with Crippen molar-refractivity contribution in [3.05, 3.63) is 12.2 Å². The quantitative estimate of drug-likeness (QED) is 0.713. The van der Waals surface area contributed by atoms with E-state index in [0.29, 0.717) is 0 Å². The maximum atomic E-state index is 6.12. The average molecular weight is 245 g/mol. The minimum atomic E-state index is 0.215. The molecule has 1 unspecified atom stereocenters. The Morgan fingerprint density at radius 3 is 2.94 bits per heavy atom. The molecule has 0 aliphatic heterocycles. The third kappa shape index (κ3) is 4.49. The number of halogens is 1. The van der Waals surface area contributed by atoms with Gasteiger partial charge in [-0.3, -0.25) is 0 Å². The molecule has 16 heavy (non-hydrogen) atoms. The van der Waals surface area contributed by atoms with Crippen LogP contribution in [0, 0.1) is 0 Å². The molecule has 0 saturated heterocycles. The zero-order chi connectivity index (χ0) is 11.8. The van der Waals surface area contributed by atoms with Crippen LogP contribution in [-0.4, -0.2) is 26.7 Å². The summed E-state index contributed by atoms with van der Waals surface area (Å²) in [6, 6.07) is 0. The second-order valence-corrected chi connectivity index (χ2v) is 4.53. The maximum absolute atomic E-state index is 6.12. The van der Waals surface area contributed by atoms with E-state index in [9.17, 15) is 0 Å². The summed E-state index contributed by atoms with van der Waals surface area (Å²) in [4.78, 5) is 4.22. The van der Waals surface area contributed by atoms with Gasteiger partial charge in [0, 0.05) is 18.5 Å². The van der Waals surface area contributed by atoms with Crippen LogP contribution in [-0.2, 0) is 13.1 Å². The number of aryl methyl sites for hydroxylation is 1. The highest BCUT2D eigenvalue weighted by Gasteiger charge is 2.05. The number of nitrogens with one attached hydrogen (secondary N) is 1. The maximum Gasteiger partial charge on any atom is 0.140 e. The summed E-state index contributed by atoms with van der Waals surface area (Å²) < 4.78 is 1.94. The molecule has 92 valence electrons. The van der Waals surface area contributed by atoms with Crippen LogP contribution in [0.2, 0.25) is 0 Å². The van der Waals surface area contributed by atoms with E-state index >= 15 is 0 Å². The molecule has 1 aromatic rings. The first kappa shape index (κ1) is 13.5. The van der Waals surface area contributed by atoms with Gasteiger partial charge in [0.25, 0.3) is 0 Å². The summed E-state index contributed by atoms with van der Waals surface area (Å²) in [7, 11) is 0. The van der Waals surface area contributed by atoms with Crippen molar-refractivity contribution >= 4 is 11.6 Å². The van der Waals surface area contributed by atoms with Gasteiger partial charge in [-0.2, -0.15) is 5.10 Å². The summed E-state index contributed by atoms with van der Waals surface area (Å²) in [6.45, 7) is 6.78. The van der Waals surface area contributed by atoms with Gasteiger partial charge in [0.1, 0.15) is 12.2 Å². The molecule has 0 aliphatic carbocycles. The molecule has 1 rings (SSSR count). The molecule has 0 fully saturated rings. The molecule has 0 radical (unpaired) electrons. The first-order chi connectivity index (χ1) is 7.77. The number of hydrogen-bond acceptors (Lipinski definition) is 3. The van der Waals surface area contributed by atoms with E-state index in [1.165, 1.54) is 0 Å². The molecule has 0 amide bonds. The first-order valence-electron chi connectivity index (χ1n) is 5.99. The van der Waals surface area contributed by atoms with Crippen molar-refractivity contribution in [2.24, 2.45) is 0 Å². The fraction of sp³-hybridized carbons (Fsp3) is 0.818. The fourth-order valence-corrected chi connectivity index (χ4v) is 1.91. The van der Waals surface area contributed by atoms with Crippen molar-refractivity contribution in [2.45, 2.75) is 51.6 Å². The van der Waals surface area contributed by atoms with Gasteiger partial charge in [-0.05, 0) is 12.8 Å². The van der Waals surface area contributed by atoms with E-state index in [2.05, 4.69) is 29.2 Å². The molecule has 1 N–H and O–H groups in total. The number of rotatable bonds is 8. The lowest BCUT2D eigenvalue weighted by molar-refractivity contribution is 0.535. The highest BCUT2D eigenvalue weighted by Crippen LogP contribution is 2.03. The van der Waals surface area contributed by atoms with Crippen molar-refractivity contribution in [3.8, 4) is 0 Å². The zero-order valence-electron chi connectivity index (χ0n) is 10.1. The van der Waals surface area contributed by atoms with Crippen LogP contribution < -0.4 is 5.32 Å². The highest BCUT2D eigenvalue weighted by molar-refractivity contribution is 6.20. The van der Waals surface area contributed by atoms with Gasteiger partial charge in [-0.25, -0.2) is 9.67 Å². The summed E-state index contributed by atoms with van der Waals surface area (Å²) in [5.74, 6) is 0.988. The predicted octanol–water partition coefficient (Wildman–Crippen LogP) is 2.19. The topological polar surface area (TPSA) is 42.7 Å². The summed E-state index contributed by atoms with van der Waals surface area (Å²) >= 11 is 6.12. The molecule has 4 nitrogen and oxygen atoms in total. The van der Waals surface area contributed by atoms with E-state index in [0.717, 1.165) is 44.7 Å². The van der Waals surface area contributed by atoms with Crippen molar-refractivity contribution in [3.63, 3.8) is 0 Å². The molecule has 0 aromatic carbocycles. The molecule has 1 atom stereocenters. The van der Waals surface area contributed by atoms with Gasteiger partial charge in [-0.15, -0.1) is 11.6 Å². The SMILES string of the molecule is CCCC(Cl)CNCc1ncnn1CCC. The summed E-state index contributed by atoms with van der Waals surface area (Å²) in [5, 5.41) is 7.70. The Morgan fingerprint density at radius 2 is 2.25 bits per heavy atom. The Bertz CT molecular complexity index is 287. The Kier molecular flexibility index (Phi) is 6.42. The summed E-state index contributed by atoms with van der Waals surface area (Å²) in [6.07, 6.45) is 4.86. The van der Waals surface area contributed by atoms with Crippen molar-refractivity contribution in [2.75, 3.05) is 6.54 Å². The number of hydrogen-bond donors (Lipinski definition) is 1. The minimum Gasteiger partial charge on any atom is -0.308 e.